The summed E-state index contributed by atoms with van der Waals surface area (Å²) >= 11 is 0. The minimum Gasteiger partial charge on any atom is -0.497 e. The summed E-state index contributed by atoms with van der Waals surface area (Å²) in [6, 6.07) is 9.93. The van der Waals surface area contributed by atoms with Gasteiger partial charge >= 0.3 is 0 Å². The Morgan fingerprint density at radius 3 is 2.36 bits per heavy atom. The van der Waals surface area contributed by atoms with Crippen LogP contribution in [0.2, 0.25) is 0 Å². The van der Waals surface area contributed by atoms with Crippen LogP contribution < -0.4 is 13.8 Å². The van der Waals surface area contributed by atoms with Gasteiger partial charge in [-0.15, -0.1) is 0 Å². The van der Waals surface area contributed by atoms with Gasteiger partial charge in [0.1, 0.15) is 11.5 Å². The highest BCUT2D eigenvalue weighted by molar-refractivity contribution is 7.92. The van der Waals surface area contributed by atoms with Crippen molar-refractivity contribution in [2.75, 3.05) is 25.1 Å². The maximum atomic E-state index is 13.2. The molecular formula is C18H21NO5S. The molecule has 0 saturated carbocycles. The van der Waals surface area contributed by atoms with Gasteiger partial charge in [0, 0.05) is 12.1 Å². The molecule has 3 rings (SSSR count). The zero-order valence-electron chi connectivity index (χ0n) is 14.4. The zero-order chi connectivity index (χ0) is 18.2. The van der Waals surface area contributed by atoms with E-state index >= 15 is 0 Å². The Morgan fingerprint density at radius 1 is 1.08 bits per heavy atom. The SMILES string of the molecule is COc1ccc(S(=O)(=O)N2CCC(O)c3cc(OC)ccc32)c(C)c1. The number of aliphatic hydroxyl groups excluding tert-OH is 1. The van der Waals surface area contributed by atoms with Gasteiger partial charge in [-0.1, -0.05) is 0 Å². The number of aryl methyl sites for hydroxylation is 1. The van der Waals surface area contributed by atoms with Crippen molar-refractivity contribution >= 4 is 15.7 Å². The number of anilines is 1. The zero-order valence-corrected chi connectivity index (χ0v) is 15.2. The van der Waals surface area contributed by atoms with Crippen LogP contribution in [0.1, 0.15) is 23.7 Å². The summed E-state index contributed by atoms with van der Waals surface area (Å²) in [6.45, 7) is 1.96. The van der Waals surface area contributed by atoms with Crippen molar-refractivity contribution in [3.63, 3.8) is 0 Å². The fraction of sp³-hybridized carbons (Fsp3) is 0.333. The summed E-state index contributed by atoms with van der Waals surface area (Å²) in [6.07, 6.45) is -0.386. The van der Waals surface area contributed by atoms with Crippen molar-refractivity contribution in [2.24, 2.45) is 0 Å². The number of aliphatic hydroxyl groups is 1. The van der Waals surface area contributed by atoms with Gasteiger partial charge < -0.3 is 14.6 Å². The van der Waals surface area contributed by atoms with E-state index in [1.165, 1.54) is 11.4 Å². The Kier molecular flexibility index (Phi) is 4.62. The number of benzene rings is 2. The molecule has 2 aromatic carbocycles. The molecule has 7 heteroatoms. The molecule has 1 atom stereocenters. The predicted molar refractivity (Wildman–Crippen MR) is 94.8 cm³/mol. The molecule has 0 amide bonds. The number of methoxy groups -OCH3 is 2. The van der Waals surface area contributed by atoms with Gasteiger partial charge in [0.15, 0.2) is 0 Å². The fourth-order valence-electron chi connectivity index (χ4n) is 3.08. The maximum Gasteiger partial charge on any atom is 0.264 e. The van der Waals surface area contributed by atoms with Crippen molar-refractivity contribution < 1.29 is 23.0 Å². The Hall–Kier alpha value is -2.25. The van der Waals surface area contributed by atoms with E-state index in [1.54, 1.807) is 50.4 Å². The molecule has 0 fully saturated rings. The molecule has 0 aliphatic carbocycles. The highest BCUT2D eigenvalue weighted by Crippen LogP contribution is 2.39. The maximum absolute atomic E-state index is 13.2. The van der Waals surface area contributed by atoms with Gasteiger partial charge in [0.2, 0.25) is 0 Å². The monoisotopic (exact) mass is 363 g/mol. The van der Waals surface area contributed by atoms with Crippen LogP contribution >= 0.6 is 0 Å². The first kappa shape index (κ1) is 17.6. The van der Waals surface area contributed by atoms with Crippen molar-refractivity contribution in [2.45, 2.75) is 24.3 Å². The predicted octanol–water partition coefficient (Wildman–Crippen LogP) is 2.64. The van der Waals surface area contributed by atoms with Crippen molar-refractivity contribution in [1.82, 2.24) is 0 Å². The summed E-state index contributed by atoms with van der Waals surface area (Å²) in [5, 5.41) is 10.3. The summed E-state index contributed by atoms with van der Waals surface area (Å²) in [5.74, 6) is 1.19. The summed E-state index contributed by atoms with van der Waals surface area (Å²) in [4.78, 5) is 0.228. The van der Waals surface area contributed by atoms with Crippen LogP contribution in [0.25, 0.3) is 0 Å². The van der Waals surface area contributed by atoms with E-state index in [0.717, 1.165) is 0 Å². The van der Waals surface area contributed by atoms with Crippen LogP contribution in [0.15, 0.2) is 41.3 Å². The van der Waals surface area contributed by atoms with E-state index in [4.69, 9.17) is 9.47 Å². The minimum atomic E-state index is -3.75. The van der Waals surface area contributed by atoms with E-state index in [1.807, 2.05) is 0 Å². The molecule has 1 aliphatic heterocycles. The largest absolute Gasteiger partial charge is 0.497 e. The Balaban J connectivity index is 2.09. The van der Waals surface area contributed by atoms with Crippen molar-refractivity contribution in [1.29, 1.82) is 0 Å². The number of fused-ring (bicyclic) bond motifs is 1. The van der Waals surface area contributed by atoms with E-state index in [9.17, 15) is 13.5 Å². The number of hydrogen-bond donors (Lipinski definition) is 1. The molecule has 0 saturated heterocycles. The second-order valence-electron chi connectivity index (χ2n) is 5.94. The molecule has 1 N–H and O–H groups in total. The fourth-order valence-corrected chi connectivity index (χ4v) is 4.79. The molecule has 1 aliphatic rings. The summed E-state index contributed by atoms with van der Waals surface area (Å²) in [5.41, 5.74) is 1.65. The van der Waals surface area contributed by atoms with Gasteiger partial charge in [-0.05, 0) is 55.3 Å². The molecule has 0 bridgehead atoms. The second kappa shape index (κ2) is 6.57. The first-order valence-electron chi connectivity index (χ1n) is 7.92. The number of rotatable bonds is 4. The number of hydrogen-bond acceptors (Lipinski definition) is 5. The first-order valence-corrected chi connectivity index (χ1v) is 9.36. The van der Waals surface area contributed by atoms with E-state index in [2.05, 4.69) is 0 Å². The highest BCUT2D eigenvalue weighted by atomic mass is 32.2. The topological polar surface area (TPSA) is 76.1 Å². The summed E-state index contributed by atoms with van der Waals surface area (Å²) < 4.78 is 38.1. The van der Waals surface area contributed by atoms with Crippen LogP contribution in [0.4, 0.5) is 5.69 Å². The number of ether oxygens (including phenoxy) is 2. The Labute approximate surface area is 147 Å². The third kappa shape index (κ3) is 3.05. The molecular weight excluding hydrogens is 342 g/mol. The molecule has 134 valence electrons. The van der Waals surface area contributed by atoms with Crippen LogP contribution in [0, 0.1) is 6.92 Å². The van der Waals surface area contributed by atoms with Crippen molar-refractivity contribution in [3.05, 3.63) is 47.5 Å². The van der Waals surface area contributed by atoms with Gasteiger partial charge in [-0.2, -0.15) is 0 Å². The number of sulfonamides is 1. The average Bonchev–Trinajstić information content (AvgIpc) is 2.61. The number of nitrogens with zero attached hydrogens (tertiary/aromatic N) is 1. The van der Waals surface area contributed by atoms with Crippen LogP contribution in [-0.4, -0.2) is 34.3 Å². The molecule has 2 aromatic rings. The van der Waals surface area contributed by atoms with Gasteiger partial charge in [0.25, 0.3) is 10.0 Å². The molecule has 1 heterocycles. The molecule has 25 heavy (non-hydrogen) atoms. The molecule has 0 aromatic heterocycles. The second-order valence-corrected chi connectivity index (χ2v) is 7.77. The standard InChI is InChI=1S/C18H21NO5S/c1-12-10-13(23-2)5-7-18(12)25(21,22)19-9-8-17(20)15-11-14(24-3)4-6-16(15)19/h4-7,10-11,17,20H,8-9H2,1-3H3. The molecule has 6 nitrogen and oxygen atoms in total. The average molecular weight is 363 g/mol. The van der Waals surface area contributed by atoms with Gasteiger partial charge in [0.05, 0.1) is 30.9 Å². The Morgan fingerprint density at radius 2 is 1.72 bits per heavy atom. The van der Waals surface area contributed by atoms with Crippen LogP contribution in [-0.2, 0) is 10.0 Å². The lowest BCUT2D eigenvalue weighted by molar-refractivity contribution is 0.166. The van der Waals surface area contributed by atoms with Crippen LogP contribution in [0.5, 0.6) is 11.5 Å². The van der Waals surface area contributed by atoms with Crippen LogP contribution in [0.3, 0.4) is 0 Å². The van der Waals surface area contributed by atoms with Gasteiger partial charge in [-0.3, -0.25) is 4.31 Å². The third-order valence-corrected chi connectivity index (χ3v) is 6.39. The molecule has 0 spiro atoms. The first-order chi connectivity index (χ1) is 11.9. The minimum absolute atomic E-state index is 0.217. The normalized spacial score (nSPS) is 17.1. The van der Waals surface area contributed by atoms with Crippen molar-refractivity contribution in [3.8, 4) is 11.5 Å². The quantitative estimate of drug-likeness (QED) is 0.904. The Bertz CT molecular complexity index is 894. The smallest absolute Gasteiger partial charge is 0.264 e. The third-order valence-electron chi connectivity index (χ3n) is 4.42. The molecule has 1 unspecified atom stereocenters. The van der Waals surface area contributed by atoms with E-state index < -0.39 is 16.1 Å². The highest BCUT2D eigenvalue weighted by Gasteiger charge is 2.33. The lowest BCUT2D eigenvalue weighted by Gasteiger charge is -2.33. The molecule has 0 radical (unpaired) electrons. The lowest BCUT2D eigenvalue weighted by atomic mass is 10.0. The summed E-state index contributed by atoms with van der Waals surface area (Å²) in [7, 11) is -0.674. The lowest BCUT2D eigenvalue weighted by Crippen LogP contribution is -2.37. The van der Waals surface area contributed by atoms with Gasteiger partial charge in [-0.25, -0.2) is 8.42 Å². The van der Waals surface area contributed by atoms with E-state index in [-0.39, 0.29) is 11.4 Å². The van der Waals surface area contributed by atoms with E-state index in [0.29, 0.717) is 34.7 Å².